The SMILES string of the molecule is CCCCCCOC(CC)[O][Al]([CH2]CCC)[CH2]CCC. The number of hydrogen-bond donors (Lipinski definition) is 0. The fourth-order valence-electron chi connectivity index (χ4n) is 2.36. The molecular weight excluding hydrogens is 263 g/mol. The van der Waals surface area contributed by atoms with Gasteiger partial charge in [-0.05, 0) is 12.8 Å². The summed E-state index contributed by atoms with van der Waals surface area (Å²) in [6, 6.07) is 0. The molecule has 3 heteroatoms. The molecular formula is C17H37AlO2. The van der Waals surface area contributed by atoms with Gasteiger partial charge in [-0.2, -0.15) is 0 Å². The number of hydrogen-bond acceptors (Lipinski definition) is 2. The zero-order chi connectivity index (χ0) is 15.1. The second-order valence-corrected chi connectivity index (χ2v) is 8.48. The van der Waals surface area contributed by atoms with Gasteiger partial charge in [0.15, 0.2) is 0 Å². The average molecular weight is 300 g/mol. The average Bonchev–Trinajstić information content (AvgIpc) is 2.48. The standard InChI is InChI=1S/C9H19O2.2C4H9.Al/c1-3-5-6-7-8-11-9(10)4-2;2*1-3-4-2;/h9H,3-8H2,1-2H3;2*1,3-4H2,2H3;/q-1;;;+1. The van der Waals surface area contributed by atoms with Crippen molar-refractivity contribution in [2.75, 3.05) is 6.61 Å². The van der Waals surface area contributed by atoms with Crippen LogP contribution in [0.4, 0.5) is 0 Å². The molecule has 0 spiro atoms. The maximum Gasteiger partial charge on any atom is 0.462 e. The second kappa shape index (κ2) is 15.8. The van der Waals surface area contributed by atoms with E-state index in [4.69, 9.17) is 8.53 Å². The van der Waals surface area contributed by atoms with E-state index in [-0.39, 0.29) is 6.29 Å². The summed E-state index contributed by atoms with van der Waals surface area (Å²) >= 11 is -1.03. The van der Waals surface area contributed by atoms with Crippen molar-refractivity contribution < 1.29 is 8.53 Å². The van der Waals surface area contributed by atoms with Crippen LogP contribution in [0, 0.1) is 0 Å². The van der Waals surface area contributed by atoms with E-state index >= 15 is 0 Å². The molecule has 0 aliphatic rings. The van der Waals surface area contributed by atoms with Crippen LogP contribution in [0.15, 0.2) is 0 Å². The molecule has 0 amide bonds. The molecule has 0 rings (SSSR count). The summed E-state index contributed by atoms with van der Waals surface area (Å²) in [7, 11) is 0. The molecule has 120 valence electrons. The fraction of sp³-hybridized carbons (Fsp3) is 1.00. The van der Waals surface area contributed by atoms with E-state index in [9.17, 15) is 0 Å². The third kappa shape index (κ3) is 12.2. The Morgan fingerprint density at radius 1 is 0.750 bits per heavy atom. The molecule has 0 aromatic rings. The lowest BCUT2D eigenvalue weighted by Gasteiger charge is -2.22. The third-order valence-electron chi connectivity index (χ3n) is 3.74. The second-order valence-electron chi connectivity index (χ2n) is 5.81. The molecule has 1 atom stereocenters. The number of ether oxygens (including phenoxy) is 1. The third-order valence-corrected chi connectivity index (χ3v) is 6.53. The normalized spacial score (nSPS) is 12.6. The summed E-state index contributed by atoms with van der Waals surface area (Å²) in [5, 5.41) is 2.65. The van der Waals surface area contributed by atoms with Crippen LogP contribution in [0.1, 0.15) is 85.5 Å². The van der Waals surface area contributed by atoms with Crippen LogP contribution in [0.5, 0.6) is 0 Å². The molecule has 2 nitrogen and oxygen atoms in total. The van der Waals surface area contributed by atoms with Gasteiger partial charge >= 0.3 is 14.5 Å². The summed E-state index contributed by atoms with van der Waals surface area (Å²) < 4.78 is 12.3. The van der Waals surface area contributed by atoms with Gasteiger partial charge < -0.3 is 8.53 Å². The van der Waals surface area contributed by atoms with Crippen LogP contribution in [-0.4, -0.2) is 27.4 Å². The van der Waals surface area contributed by atoms with E-state index in [0.29, 0.717) is 0 Å². The topological polar surface area (TPSA) is 18.5 Å². The van der Waals surface area contributed by atoms with Gasteiger partial charge in [0.1, 0.15) is 6.29 Å². The zero-order valence-corrected chi connectivity index (χ0v) is 15.6. The molecule has 1 unspecified atom stereocenters. The van der Waals surface area contributed by atoms with Crippen molar-refractivity contribution in [1.29, 1.82) is 0 Å². The molecule has 0 radical (unpaired) electrons. The summed E-state index contributed by atoms with van der Waals surface area (Å²) in [5.41, 5.74) is 0. The molecule has 0 heterocycles. The molecule has 0 aromatic heterocycles. The Morgan fingerprint density at radius 2 is 1.35 bits per heavy atom. The van der Waals surface area contributed by atoms with E-state index in [0.717, 1.165) is 13.0 Å². The van der Waals surface area contributed by atoms with Crippen molar-refractivity contribution in [2.24, 2.45) is 0 Å². The van der Waals surface area contributed by atoms with Gasteiger partial charge in [0.05, 0.1) is 0 Å². The highest BCUT2D eigenvalue weighted by molar-refractivity contribution is 6.51. The first-order chi connectivity index (χ1) is 9.78. The van der Waals surface area contributed by atoms with Gasteiger partial charge in [-0.3, -0.25) is 0 Å². The van der Waals surface area contributed by atoms with Gasteiger partial charge in [-0.1, -0.05) is 83.2 Å². The summed E-state index contributed by atoms with van der Waals surface area (Å²) in [5.74, 6) is 0. The van der Waals surface area contributed by atoms with Crippen LogP contribution in [0.3, 0.4) is 0 Å². The highest BCUT2D eigenvalue weighted by atomic mass is 27.2. The monoisotopic (exact) mass is 300 g/mol. The smallest absolute Gasteiger partial charge is 0.462 e. The van der Waals surface area contributed by atoms with Crippen LogP contribution in [-0.2, 0) is 8.53 Å². The van der Waals surface area contributed by atoms with E-state index in [2.05, 4.69) is 27.7 Å². The van der Waals surface area contributed by atoms with Crippen molar-refractivity contribution in [2.45, 2.75) is 102 Å². The highest BCUT2D eigenvalue weighted by Gasteiger charge is 2.23. The Hall–Kier alpha value is 0.452. The molecule has 20 heavy (non-hydrogen) atoms. The van der Waals surface area contributed by atoms with Gasteiger partial charge in [0, 0.05) is 6.61 Å². The molecule has 0 aromatic carbocycles. The Kier molecular flexibility index (Phi) is 16.2. The Labute approximate surface area is 132 Å². The van der Waals surface area contributed by atoms with Crippen LogP contribution < -0.4 is 0 Å². The molecule has 0 N–H and O–H groups in total. The zero-order valence-electron chi connectivity index (χ0n) is 14.5. The van der Waals surface area contributed by atoms with Crippen LogP contribution in [0.2, 0.25) is 10.6 Å². The predicted octanol–water partition coefficient (Wildman–Crippen LogP) is 5.93. The Balaban J connectivity index is 3.91. The van der Waals surface area contributed by atoms with Crippen molar-refractivity contribution in [3.63, 3.8) is 0 Å². The lowest BCUT2D eigenvalue weighted by molar-refractivity contribution is -0.0858. The molecule has 0 aliphatic heterocycles. The van der Waals surface area contributed by atoms with Crippen molar-refractivity contribution in [3.8, 4) is 0 Å². The minimum Gasteiger partial charge on any atom is -0.478 e. The van der Waals surface area contributed by atoms with E-state index in [1.807, 2.05) is 0 Å². The first-order valence-electron chi connectivity index (χ1n) is 9.05. The van der Waals surface area contributed by atoms with Crippen LogP contribution in [0.25, 0.3) is 0 Å². The van der Waals surface area contributed by atoms with Gasteiger partial charge in [-0.15, -0.1) is 0 Å². The lowest BCUT2D eigenvalue weighted by Crippen LogP contribution is -2.28. The van der Waals surface area contributed by atoms with E-state index < -0.39 is 14.5 Å². The number of unbranched alkanes of at least 4 members (excludes halogenated alkanes) is 5. The maximum atomic E-state index is 6.33. The minimum absolute atomic E-state index is 0.0713. The predicted molar refractivity (Wildman–Crippen MR) is 90.4 cm³/mol. The molecule has 0 saturated heterocycles. The van der Waals surface area contributed by atoms with Gasteiger partial charge in [0.2, 0.25) is 0 Å². The van der Waals surface area contributed by atoms with Crippen LogP contribution >= 0.6 is 0 Å². The number of rotatable bonds is 15. The largest absolute Gasteiger partial charge is 0.478 e. The first-order valence-corrected chi connectivity index (χ1v) is 11.2. The maximum absolute atomic E-state index is 6.33. The molecule has 0 bridgehead atoms. The van der Waals surface area contributed by atoms with Crippen molar-refractivity contribution in [1.82, 2.24) is 0 Å². The minimum atomic E-state index is -1.03. The van der Waals surface area contributed by atoms with Gasteiger partial charge in [-0.25, -0.2) is 0 Å². The molecule has 0 fully saturated rings. The highest BCUT2D eigenvalue weighted by Crippen LogP contribution is 2.15. The Morgan fingerprint density at radius 3 is 1.85 bits per heavy atom. The van der Waals surface area contributed by atoms with Gasteiger partial charge in [0.25, 0.3) is 0 Å². The fourth-order valence-corrected chi connectivity index (χ4v) is 5.34. The van der Waals surface area contributed by atoms with Crippen molar-refractivity contribution in [3.05, 3.63) is 0 Å². The van der Waals surface area contributed by atoms with E-state index in [1.165, 1.54) is 61.9 Å². The summed E-state index contributed by atoms with van der Waals surface area (Å²) in [4.78, 5) is 0. The molecule has 0 saturated carbocycles. The molecule has 0 aliphatic carbocycles. The van der Waals surface area contributed by atoms with E-state index in [1.54, 1.807) is 0 Å². The van der Waals surface area contributed by atoms with Crippen molar-refractivity contribution >= 4 is 14.5 Å². The Bertz CT molecular complexity index is 180. The lowest BCUT2D eigenvalue weighted by atomic mass is 10.2. The first kappa shape index (κ1) is 20.5. The summed E-state index contributed by atoms with van der Waals surface area (Å²) in [6.07, 6.45) is 11.4. The quantitative estimate of drug-likeness (QED) is 0.212. The summed E-state index contributed by atoms with van der Waals surface area (Å²) in [6.45, 7) is 9.85.